The first-order valence-corrected chi connectivity index (χ1v) is 11.4. The van der Waals surface area contributed by atoms with Crippen LogP contribution in [0.5, 0.6) is 0 Å². The molecule has 0 bridgehead atoms. The number of alkyl halides is 3. The van der Waals surface area contributed by atoms with Crippen LogP contribution in [0.2, 0.25) is 5.02 Å². The molecule has 2 amide bonds. The Hall–Kier alpha value is -3.13. The number of amides is 2. The van der Waals surface area contributed by atoms with Gasteiger partial charge in [-0.2, -0.15) is 13.2 Å². The lowest BCUT2D eigenvalue weighted by Gasteiger charge is -2.35. The van der Waals surface area contributed by atoms with Crippen molar-refractivity contribution in [1.82, 2.24) is 5.32 Å². The predicted molar refractivity (Wildman–Crippen MR) is 126 cm³/mol. The fourth-order valence-electron chi connectivity index (χ4n) is 4.76. The van der Waals surface area contributed by atoms with Crippen LogP contribution in [0.3, 0.4) is 0 Å². The highest BCUT2D eigenvalue weighted by Gasteiger charge is 2.72. The first-order valence-electron chi connectivity index (χ1n) is 11.0. The lowest BCUT2D eigenvalue weighted by Crippen LogP contribution is -2.66. The number of Topliss-reactive ketones (excluding diaryl/α,β-unsaturated/α-hetero) is 1. The monoisotopic (exact) mass is 504 g/mol. The van der Waals surface area contributed by atoms with Crippen molar-refractivity contribution < 1.29 is 27.6 Å². The molecule has 0 radical (unpaired) electrons. The SMILES string of the molecule is Cc1ccc(N2C(=O)[C@](NC(=O)c3cccc(Cl)c3)(C(F)(F)F)C3=C2CC(C)(C)CC3=O)cc1C. The number of hydrogen-bond acceptors (Lipinski definition) is 3. The molecule has 1 aliphatic carbocycles. The van der Waals surface area contributed by atoms with Crippen molar-refractivity contribution in [3.8, 4) is 0 Å². The van der Waals surface area contributed by atoms with Crippen LogP contribution < -0.4 is 10.2 Å². The fourth-order valence-corrected chi connectivity index (χ4v) is 4.95. The van der Waals surface area contributed by atoms with E-state index in [0.717, 1.165) is 16.0 Å². The third kappa shape index (κ3) is 4.03. The molecule has 0 saturated heterocycles. The van der Waals surface area contributed by atoms with E-state index in [-0.39, 0.29) is 34.8 Å². The van der Waals surface area contributed by atoms with Crippen LogP contribution in [0.25, 0.3) is 0 Å². The van der Waals surface area contributed by atoms with Crippen LogP contribution in [0.1, 0.15) is 48.2 Å². The average molecular weight is 505 g/mol. The molecule has 0 saturated carbocycles. The Labute approximate surface area is 205 Å². The lowest BCUT2D eigenvalue weighted by atomic mass is 9.72. The number of carbonyl (C=O) groups is 3. The fraction of sp³-hybridized carbons (Fsp3) is 0.346. The number of aryl methyl sites for hydroxylation is 2. The molecule has 0 unspecified atom stereocenters. The third-order valence-electron chi connectivity index (χ3n) is 6.58. The van der Waals surface area contributed by atoms with Gasteiger partial charge in [0.2, 0.25) is 5.54 Å². The van der Waals surface area contributed by atoms with E-state index < -0.39 is 40.3 Å². The standard InChI is InChI=1S/C26H24ClF3N2O3/c1-14-8-9-18(10-15(14)2)32-19-12-24(3,4)13-20(33)21(19)25(23(32)35,26(28,29)30)31-22(34)16-6-5-7-17(27)11-16/h5-11H,12-13H2,1-4H3,(H,31,34)/t25-/m0/s1. The quantitative estimate of drug-likeness (QED) is 0.585. The van der Waals surface area contributed by atoms with Gasteiger partial charge in [0.25, 0.3) is 11.8 Å². The summed E-state index contributed by atoms with van der Waals surface area (Å²) >= 11 is 5.91. The summed E-state index contributed by atoms with van der Waals surface area (Å²) in [6.45, 7) is 7.14. The van der Waals surface area contributed by atoms with Gasteiger partial charge in [-0.05, 0) is 67.1 Å². The van der Waals surface area contributed by atoms with Crippen LogP contribution in [-0.2, 0) is 9.59 Å². The van der Waals surface area contributed by atoms with Gasteiger partial charge in [0.15, 0.2) is 5.78 Å². The summed E-state index contributed by atoms with van der Waals surface area (Å²) in [6.07, 6.45) is -5.42. The second-order valence-electron chi connectivity index (χ2n) is 9.88. The number of anilines is 1. The molecule has 184 valence electrons. The van der Waals surface area contributed by atoms with Gasteiger partial charge in [0.05, 0.1) is 5.57 Å². The van der Waals surface area contributed by atoms with E-state index in [1.807, 2.05) is 12.2 Å². The molecule has 0 aromatic heterocycles. The summed E-state index contributed by atoms with van der Waals surface area (Å²) in [4.78, 5) is 41.0. The molecular weight excluding hydrogens is 481 g/mol. The predicted octanol–water partition coefficient (Wildman–Crippen LogP) is 5.68. The molecule has 35 heavy (non-hydrogen) atoms. The summed E-state index contributed by atoms with van der Waals surface area (Å²) in [5, 5.41) is 2.06. The van der Waals surface area contributed by atoms with Gasteiger partial charge in [-0.3, -0.25) is 19.3 Å². The van der Waals surface area contributed by atoms with E-state index in [9.17, 15) is 27.6 Å². The lowest BCUT2D eigenvalue weighted by molar-refractivity contribution is -0.186. The highest BCUT2D eigenvalue weighted by molar-refractivity contribution is 6.31. The van der Waals surface area contributed by atoms with Crippen molar-refractivity contribution in [3.63, 3.8) is 0 Å². The Morgan fingerprint density at radius 2 is 1.71 bits per heavy atom. The van der Waals surface area contributed by atoms with Crippen molar-refractivity contribution >= 4 is 34.9 Å². The van der Waals surface area contributed by atoms with E-state index in [4.69, 9.17) is 11.6 Å². The molecule has 2 aromatic rings. The average Bonchev–Trinajstić information content (AvgIpc) is 2.97. The van der Waals surface area contributed by atoms with Crippen molar-refractivity contribution in [3.05, 3.63) is 75.4 Å². The zero-order valence-electron chi connectivity index (χ0n) is 19.6. The molecule has 9 heteroatoms. The summed E-state index contributed by atoms with van der Waals surface area (Å²) in [5.74, 6) is -3.41. The molecule has 1 atom stereocenters. The summed E-state index contributed by atoms with van der Waals surface area (Å²) in [6, 6.07) is 10.2. The van der Waals surface area contributed by atoms with Crippen molar-refractivity contribution in [2.45, 2.75) is 52.3 Å². The van der Waals surface area contributed by atoms with Gasteiger partial charge in [0, 0.05) is 28.4 Å². The maximum atomic E-state index is 14.9. The van der Waals surface area contributed by atoms with Crippen molar-refractivity contribution in [1.29, 1.82) is 0 Å². The molecule has 2 aliphatic rings. The van der Waals surface area contributed by atoms with Crippen LogP contribution in [0.15, 0.2) is 53.7 Å². The molecule has 1 aliphatic heterocycles. The van der Waals surface area contributed by atoms with Crippen LogP contribution in [-0.4, -0.2) is 29.3 Å². The number of benzene rings is 2. The van der Waals surface area contributed by atoms with E-state index in [0.29, 0.717) is 0 Å². The first-order chi connectivity index (χ1) is 16.2. The Kier molecular flexibility index (Phi) is 5.87. The molecule has 1 N–H and O–H groups in total. The minimum Gasteiger partial charge on any atom is -0.326 e. The topological polar surface area (TPSA) is 66.5 Å². The minimum atomic E-state index is -5.29. The highest BCUT2D eigenvalue weighted by atomic mass is 35.5. The molecular formula is C26H24ClF3N2O3. The van der Waals surface area contributed by atoms with Gasteiger partial charge in [-0.1, -0.05) is 37.6 Å². The Balaban J connectivity index is 1.96. The Morgan fingerprint density at radius 3 is 2.31 bits per heavy atom. The molecule has 5 nitrogen and oxygen atoms in total. The normalized spacial score (nSPS) is 21.9. The van der Waals surface area contributed by atoms with Crippen molar-refractivity contribution in [2.75, 3.05) is 4.90 Å². The molecule has 2 aromatic carbocycles. The summed E-state index contributed by atoms with van der Waals surface area (Å²) < 4.78 is 44.7. The van der Waals surface area contributed by atoms with Gasteiger partial charge in [0.1, 0.15) is 0 Å². The van der Waals surface area contributed by atoms with Crippen molar-refractivity contribution in [2.24, 2.45) is 5.41 Å². The number of carbonyl (C=O) groups excluding carboxylic acids is 3. The van der Waals surface area contributed by atoms with Gasteiger partial charge in [-0.15, -0.1) is 0 Å². The van der Waals surface area contributed by atoms with E-state index in [1.165, 1.54) is 24.3 Å². The maximum absolute atomic E-state index is 14.9. The molecule has 0 spiro atoms. The third-order valence-corrected chi connectivity index (χ3v) is 6.82. The number of rotatable bonds is 3. The number of ketones is 1. The zero-order chi connectivity index (χ0) is 25.9. The molecule has 0 fully saturated rings. The van der Waals surface area contributed by atoms with E-state index >= 15 is 0 Å². The van der Waals surface area contributed by atoms with Gasteiger partial charge in [-0.25, -0.2) is 0 Å². The number of nitrogens with zero attached hydrogens (tertiary/aromatic N) is 1. The minimum absolute atomic E-state index is 0.0387. The maximum Gasteiger partial charge on any atom is 0.425 e. The Bertz CT molecular complexity index is 1300. The van der Waals surface area contributed by atoms with E-state index in [2.05, 4.69) is 0 Å². The number of nitrogens with one attached hydrogen (secondary N) is 1. The van der Waals surface area contributed by atoms with Crippen LogP contribution in [0, 0.1) is 19.3 Å². The second kappa shape index (κ2) is 8.22. The van der Waals surface area contributed by atoms with E-state index in [1.54, 1.807) is 39.0 Å². The number of hydrogen-bond donors (Lipinski definition) is 1. The number of halogens is 4. The Morgan fingerprint density at radius 1 is 1.03 bits per heavy atom. The summed E-state index contributed by atoms with van der Waals surface area (Å²) in [5.41, 5.74) is -3.24. The number of allylic oxidation sites excluding steroid dienone is 1. The zero-order valence-corrected chi connectivity index (χ0v) is 20.4. The van der Waals surface area contributed by atoms with Crippen LogP contribution in [0.4, 0.5) is 18.9 Å². The smallest absolute Gasteiger partial charge is 0.326 e. The molecule has 4 rings (SSSR count). The first kappa shape index (κ1) is 25.0. The molecule has 1 heterocycles. The second-order valence-corrected chi connectivity index (χ2v) is 10.3. The van der Waals surface area contributed by atoms with Gasteiger partial charge >= 0.3 is 6.18 Å². The highest BCUT2D eigenvalue weighted by Crippen LogP contribution is 2.53. The summed E-state index contributed by atoms with van der Waals surface area (Å²) in [7, 11) is 0. The largest absolute Gasteiger partial charge is 0.425 e. The van der Waals surface area contributed by atoms with Gasteiger partial charge < -0.3 is 5.32 Å². The van der Waals surface area contributed by atoms with Crippen LogP contribution >= 0.6 is 11.6 Å².